The van der Waals surface area contributed by atoms with Gasteiger partial charge in [-0.1, -0.05) is 47.7 Å². The highest BCUT2D eigenvalue weighted by atomic mass is 16.5. The summed E-state index contributed by atoms with van der Waals surface area (Å²) < 4.78 is 17.9. The fraction of sp³-hybridized carbons (Fsp3) is 0.281. The minimum absolute atomic E-state index is 0.168. The van der Waals surface area contributed by atoms with Gasteiger partial charge >= 0.3 is 5.97 Å². The van der Waals surface area contributed by atoms with E-state index in [1.165, 1.54) is 0 Å². The van der Waals surface area contributed by atoms with E-state index in [1.54, 1.807) is 11.8 Å². The van der Waals surface area contributed by atoms with Crippen molar-refractivity contribution >= 4 is 17.1 Å². The first-order valence-corrected chi connectivity index (χ1v) is 14.0. The van der Waals surface area contributed by atoms with Gasteiger partial charge in [-0.05, 0) is 73.2 Å². The van der Waals surface area contributed by atoms with Gasteiger partial charge in [-0.2, -0.15) is 0 Å². The van der Waals surface area contributed by atoms with Crippen LogP contribution in [0.2, 0.25) is 0 Å². The average molecular weight is 568 g/mol. The maximum Gasteiger partial charge on any atom is 0.305 e. The van der Waals surface area contributed by atoms with Crippen molar-refractivity contribution in [3.63, 3.8) is 0 Å². The van der Waals surface area contributed by atoms with Crippen LogP contribution in [0, 0.1) is 0 Å². The zero-order valence-corrected chi connectivity index (χ0v) is 23.9. The number of methoxy groups -OCH3 is 1. The standard InChI is InChI=1S/C32H33N5O5/c1-4-41-27-19-24(23-10-6-8-21(18-23)9-7-11-28(38)42-5-2)14-17-26(27)30-33-31-29(32(39)34-30)35-36-37(31)20-22-12-15-25(40-3)16-13-22/h6,8,10,12-19H,4-5,7,9,11,20H2,1-3H3,(H,33,34,39). The number of ether oxygens (including phenoxy) is 3. The smallest absolute Gasteiger partial charge is 0.305 e. The second kappa shape index (κ2) is 13.1. The van der Waals surface area contributed by atoms with E-state index in [-0.39, 0.29) is 17.0 Å². The predicted octanol–water partition coefficient (Wildman–Crippen LogP) is 5.19. The van der Waals surface area contributed by atoms with Crippen molar-refractivity contribution in [1.82, 2.24) is 25.0 Å². The Kier molecular flexibility index (Phi) is 8.91. The van der Waals surface area contributed by atoms with E-state index >= 15 is 0 Å². The summed E-state index contributed by atoms with van der Waals surface area (Å²) in [7, 11) is 1.62. The number of benzene rings is 3. The average Bonchev–Trinajstić information content (AvgIpc) is 3.41. The molecule has 0 fully saturated rings. The molecule has 0 radical (unpaired) electrons. The SMILES string of the molecule is CCOC(=O)CCCc1cccc(-c2ccc(-c3nc4c(nnn4Cc4ccc(OC)cc4)c(=O)[nH]3)c(OCC)c2)c1. The van der Waals surface area contributed by atoms with Gasteiger partial charge in [-0.3, -0.25) is 9.59 Å². The highest BCUT2D eigenvalue weighted by Gasteiger charge is 2.17. The number of esters is 1. The molecule has 216 valence electrons. The van der Waals surface area contributed by atoms with E-state index in [4.69, 9.17) is 19.2 Å². The molecule has 5 rings (SSSR count). The number of nitrogens with one attached hydrogen (secondary N) is 1. The fourth-order valence-electron chi connectivity index (χ4n) is 4.75. The van der Waals surface area contributed by atoms with Gasteiger partial charge in [0.25, 0.3) is 5.56 Å². The zero-order chi connectivity index (χ0) is 29.5. The van der Waals surface area contributed by atoms with Crippen LogP contribution in [-0.4, -0.2) is 51.3 Å². The Bertz CT molecular complexity index is 1740. The molecule has 0 aliphatic carbocycles. The van der Waals surface area contributed by atoms with Crippen molar-refractivity contribution in [2.24, 2.45) is 0 Å². The van der Waals surface area contributed by atoms with Crippen LogP contribution >= 0.6 is 0 Å². The number of aromatic amines is 1. The highest BCUT2D eigenvalue weighted by Crippen LogP contribution is 2.33. The summed E-state index contributed by atoms with van der Waals surface area (Å²) in [6.07, 6.45) is 1.88. The Morgan fingerprint density at radius 2 is 1.76 bits per heavy atom. The number of aromatic nitrogens is 5. The third kappa shape index (κ3) is 6.49. The first-order chi connectivity index (χ1) is 20.5. The van der Waals surface area contributed by atoms with Gasteiger partial charge in [0.1, 0.15) is 17.3 Å². The lowest BCUT2D eigenvalue weighted by Gasteiger charge is -2.13. The van der Waals surface area contributed by atoms with Crippen LogP contribution in [0.25, 0.3) is 33.7 Å². The largest absolute Gasteiger partial charge is 0.497 e. The summed E-state index contributed by atoms with van der Waals surface area (Å²) in [4.78, 5) is 32.3. The Labute approximate surface area is 243 Å². The normalized spacial score (nSPS) is 11.0. The summed E-state index contributed by atoms with van der Waals surface area (Å²) in [6.45, 7) is 4.95. The number of nitrogens with zero attached hydrogens (tertiary/aromatic N) is 4. The number of H-pyrrole nitrogens is 1. The molecule has 42 heavy (non-hydrogen) atoms. The molecule has 1 N–H and O–H groups in total. The van der Waals surface area contributed by atoms with E-state index in [1.807, 2.05) is 68.4 Å². The lowest BCUT2D eigenvalue weighted by atomic mass is 9.99. The van der Waals surface area contributed by atoms with E-state index < -0.39 is 0 Å². The van der Waals surface area contributed by atoms with Crippen LogP contribution in [0.3, 0.4) is 0 Å². The molecule has 0 aliphatic rings. The Balaban J connectivity index is 1.43. The molecule has 0 amide bonds. The van der Waals surface area contributed by atoms with E-state index in [2.05, 4.69) is 27.4 Å². The molecule has 10 heteroatoms. The van der Waals surface area contributed by atoms with Crippen molar-refractivity contribution in [1.29, 1.82) is 0 Å². The molecule has 0 aliphatic heterocycles. The van der Waals surface area contributed by atoms with Crippen LogP contribution in [-0.2, 0) is 22.5 Å². The minimum Gasteiger partial charge on any atom is -0.497 e. The van der Waals surface area contributed by atoms with E-state index in [9.17, 15) is 9.59 Å². The number of carbonyl (C=O) groups is 1. The van der Waals surface area contributed by atoms with Gasteiger partial charge < -0.3 is 19.2 Å². The lowest BCUT2D eigenvalue weighted by Crippen LogP contribution is -2.12. The Morgan fingerprint density at radius 3 is 2.52 bits per heavy atom. The van der Waals surface area contributed by atoms with Crippen LogP contribution < -0.4 is 15.0 Å². The Hall–Kier alpha value is -4.99. The summed E-state index contributed by atoms with van der Waals surface area (Å²) >= 11 is 0. The second-order valence-electron chi connectivity index (χ2n) is 9.68. The number of carbonyl (C=O) groups excluding carboxylic acids is 1. The maximum atomic E-state index is 13.0. The third-order valence-corrected chi connectivity index (χ3v) is 6.81. The van der Waals surface area contributed by atoms with Crippen molar-refractivity contribution in [3.05, 3.63) is 88.2 Å². The molecule has 5 aromatic rings. The molecular formula is C32H33N5O5. The molecule has 2 heterocycles. The molecule has 0 saturated carbocycles. The molecule has 2 aromatic heterocycles. The van der Waals surface area contributed by atoms with Crippen molar-refractivity contribution in [2.75, 3.05) is 20.3 Å². The minimum atomic E-state index is -0.377. The summed E-state index contributed by atoms with van der Waals surface area (Å²) in [6, 6.07) is 21.6. The molecular weight excluding hydrogens is 534 g/mol. The van der Waals surface area contributed by atoms with Gasteiger partial charge in [0.2, 0.25) is 0 Å². The first kappa shape index (κ1) is 28.5. The summed E-state index contributed by atoms with van der Waals surface area (Å²) in [5.74, 6) is 1.55. The summed E-state index contributed by atoms with van der Waals surface area (Å²) in [5, 5.41) is 8.25. The van der Waals surface area contributed by atoms with Crippen LogP contribution in [0.4, 0.5) is 0 Å². The number of rotatable bonds is 12. The quantitative estimate of drug-likeness (QED) is 0.205. The van der Waals surface area contributed by atoms with Crippen molar-refractivity contribution in [2.45, 2.75) is 39.7 Å². The Morgan fingerprint density at radius 1 is 0.952 bits per heavy atom. The van der Waals surface area contributed by atoms with Gasteiger partial charge in [0.15, 0.2) is 11.2 Å². The molecule has 0 unspecified atom stereocenters. The third-order valence-electron chi connectivity index (χ3n) is 6.81. The monoisotopic (exact) mass is 567 g/mol. The molecule has 10 nitrogen and oxygen atoms in total. The molecule has 0 atom stereocenters. The number of hydrogen-bond donors (Lipinski definition) is 1. The number of fused-ring (bicyclic) bond motifs is 1. The van der Waals surface area contributed by atoms with Crippen LogP contribution in [0.5, 0.6) is 11.5 Å². The van der Waals surface area contributed by atoms with Crippen molar-refractivity contribution in [3.8, 4) is 34.0 Å². The van der Waals surface area contributed by atoms with E-state index in [0.717, 1.165) is 40.8 Å². The molecule has 0 spiro atoms. The van der Waals surface area contributed by atoms with Crippen LogP contribution in [0.1, 0.15) is 37.8 Å². The predicted molar refractivity (Wildman–Crippen MR) is 160 cm³/mol. The second-order valence-corrected chi connectivity index (χ2v) is 9.68. The zero-order valence-electron chi connectivity index (χ0n) is 23.9. The first-order valence-electron chi connectivity index (χ1n) is 14.0. The molecule has 0 saturated heterocycles. The topological polar surface area (TPSA) is 121 Å². The lowest BCUT2D eigenvalue weighted by molar-refractivity contribution is -0.143. The van der Waals surface area contributed by atoms with E-state index in [0.29, 0.717) is 49.0 Å². The number of aryl methyl sites for hydroxylation is 1. The number of hydrogen-bond acceptors (Lipinski definition) is 8. The van der Waals surface area contributed by atoms with Crippen molar-refractivity contribution < 1.29 is 19.0 Å². The molecule has 3 aromatic carbocycles. The van der Waals surface area contributed by atoms with Gasteiger partial charge in [0.05, 0.1) is 32.4 Å². The van der Waals surface area contributed by atoms with Gasteiger partial charge in [0, 0.05) is 6.42 Å². The summed E-state index contributed by atoms with van der Waals surface area (Å²) in [5.41, 5.74) is 4.91. The highest BCUT2D eigenvalue weighted by molar-refractivity contribution is 5.77. The maximum absolute atomic E-state index is 13.0. The van der Waals surface area contributed by atoms with Gasteiger partial charge in [-0.15, -0.1) is 5.10 Å². The van der Waals surface area contributed by atoms with Gasteiger partial charge in [-0.25, -0.2) is 9.67 Å². The fourth-order valence-corrected chi connectivity index (χ4v) is 4.75. The molecule has 0 bridgehead atoms. The van der Waals surface area contributed by atoms with Crippen LogP contribution in [0.15, 0.2) is 71.5 Å².